The van der Waals surface area contributed by atoms with Gasteiger partial charge in [-0.1, -0.05) is 6.07 Å². The Kier molecular flexibility index (Phi) is 5.07. The van der Waals surface area contributed by atoms with E-state index in [2.05, 4.69) is 5.32 Å². The van der Waals surface area contributed by atoms with Crippen molar-refractivity contribution in [1.29, 1.82) is 0 Å². The number of rotatable bonds is 6. The molecule has 0 spiro atoms. The van der Waals surface area contributed by atoms with Gasteiger partial charge < -0.3 is 20.5 Å². The maximum absolute atomic E-state index is 11.7. The lowest BCUT2D eigenvalue weighted by Gasteiger charge is -2.19. The van der Waals surface area contributed by atoms with Crippen LogP contribution in [0.15, 0.2) is 18.2 Å². The van der Waals surface area contributed by atoms with Crippen LogP contribution < -0.4 is 20.5 Å². The fourth-order valence-electron chi connectivity index (χ4n) is 2.11. The summed E-state index contributed by atoms with van der Waals surface area (Å²) in [7, 11) is 0. The summed E-state index contributed by atoms with van der Waals surface area (Å²) in [5.41, 5.74) is 6.69. The zero-order valence-electron chi connectivity index (χ0n) is 12.8. The van der Waals surface area contributed by atoms with Crippen molar-refractivity contribution < 1.29 is 14.3 Å². The Morgan fingerprint density at radius 2 is 2.00 bits per heavy atom. The maximum Gasteiger partial charge on any atom is 0.220 e. The summed E-state index contributed by atoms with van der Waals surface area (Å²) in [5.74, 6) is 1.63. The van der Waals surface area contributed by atoms with Gasteiger partial charge in [0, 0.05) is 18.5 Å². The van der Waals surface area contributed by atoms with E-state index in [1.165, 1.54) is 0 Å². The smallest absolute Gasteiger partial charge is 0.220 e. The van der Waals surface area contributed by atoms with E-state index in [0.717, 1.165) is 23.5 Å². The normalized spacial score (nSPS) is 13.9. The predicted octanol–water partition coefficient (Wildman–Crippen LogP) is 1.63. The second-order valence-electron chi connectivity index (χ2n) is 6.07. The number of hydrogen-bond acceptors (Lipinski definition) is 4. The molecule has 21 heavy (non-hydrogen) atoms. The number of benzene rings is 1. The third kappa shape index (κ3) is 5.27. The molecule has 5 heteroatoms. The largest absolute Gasteiger partial charge is 0.486 e. The van der Waals surface area contributed by atoms with Crippen LogP contribution in [0.2, 0.25) is 0 Å². The first-order chi connectivity index (χ1) is 9.94. The van der Waals surface area contributed by atoms with Gasteiger partial charge in [-0.2, -0.15) is 0 Å². The van der Waals surface area contributed by atoms with Crippen LogP contribution >= 0.6 is 0 Å². The van der Waals surface area contributed by atoms with Crippen LogP contribution in [0.1, 0.15) is 32.3 Å². The van der Waals surface area contributed by atoms with Gasteiger partial charge in [-0.15, -0.1) is 0 Å². The average Bonchev–Trinajstić information content (AvgIpc) is 2.44. The summed E-state index contributed by atoms with van der Waals surface area (Å²) in [6.07, 6.45) is 1.92. The van der Waals surface area contributed by atoms with Crippen LogP contribution in [-0.4, -0.2) is 31.2 Å². The van der Waals surface area contributed by atoms with Crippen molar-refractivity contribution in [2.24, 2.45) is 5.73 Å². The molecule has 116 valence electrons. The number of nitrogens with one attached hydrogen (secondary N) is 1. The van der Waals surface area contributed by atoms with Gasteiger partial charge in [-0.25, -0.2) is 0 Å². The second kappa shape index (κ2) is 6.80. The molecule has 3 N–H and O–H groups in total. The summed E-state index contributed by atoms with van der Waals surface area (Å²) >= 11 is 0. The number of fused-ring (bicyclic) bond motifs is 1. The van der Waals surface area contributed by atoms with Gasteiger partial charge in [0.2, 0.25) is 5.91 Å². The number of amides is 1. The molecule has 0 saturated heterocycles. The summed E-state index contributed by atoms with van der Waals surface area (Å²) in [4.78, 5) is 11.7. The molecule has 0 bridgehead atoms. The van der Waals surface area contributed by atoms with Crippen molar-refractivity contribution >= 4 is 5.91 Å². The molecule has 1 aromatic carbocycles. The molecular formula is C16H24N2O3. The van der Waals surface area contributed by atoms with Crippen LogP contribution in [-0.2, 0) is 11.2 Å². The van der Waals surface area contributed by atoms with Crippen LogP contribution in [0.3, 0.4) is 0 Å². The van der Waals surface area contributed by atoms with Crippen molar-refractivity contribution in [3.63, 3.8) is 0 Å². The monoisotopic (exact) mass is 292 g/mol. The van der Waals surface area contributed by atoms with Gasteiger partial charge in [0.05, 0.1) is 0 Å². The zero-order valence-corrected chi connectivity index (χ0v) is 12.8. The molecule has 0 atom stereocenters. The fourth-order valence-corrected chi connectivity index (χ4v) is 2.11. The van der Waals surface area contributed by atoms with E-state index in [1.807, 2.05) is 32.0 Å². The summed E-state index contributed by atoms with van der Waals surface area (Å²) in [6.45, 7) is 5.65. The van der Waals surface area contributed by atoms with Gasteiger partial charge in [0.15, 0.2) is 11.5 Å². The van der Waals surface area contributed by atoms with Gasteiger partial charge in [-0.05, 0) is 44.4 Å². The van der Waals surface area contributed by atoms with E-state index >= 15 is 0 Å². The lowest BCUT2D eigenvalue weighted by molar-refractivity contribution is -0.121. The van der Waals surface area contributed by atoms with E-state index < -0.39 is 0 Å². The molecule has 0 aromatic heterocycles. The first-order valence-corrected chi connectivity index (χ1v) is 7.38. The molecular weight excluding hydrogens is 268 g/mol. The maximum atomic E-state index is 11.7. The third-order valence-corrected chi connectivity index (χ3v) is 3.34. The summed E-state index contributed by atoms with van der Waals surface area (Å²) in [6, 6.07) is 5.90. The van der Waals surface area contributed by atoms with Crippen LogP contribution in [0, 0.1) is 0 Å². The minimum Gasteiger partial charge on any atom is -0.486 e. The number of nitrogens with two attached hydrogens (primary N) is 1. The van der Waals surface area contributed by atoms with Crippen LogP contribution in [0.25, 0.3) is 0 Å². The number of carbonyl (C=O) groups is 1. The number of carbonyl (C=O) groups excluding carboxylic acids is 1. The van der Waals surface area contributed by atoms with Crippen molar-refractivity contribution in [3.8, 4) is 11.5 Å². The first kappa shape index (κ1) is 15.6. The molecule has 1 aliphatic heterocycles. The Hall–Kier alpha value is -1.75. The Morgan fingerprint density at radius 3 is 2.71 bits per heavy atom. The molecule has 5 nitrogen and oxygen atoms in total. The Morgan fingerprint density at radius 1 is 1.29 bits per heavy atom. The molecule has 1 aromatic rings. The Labute approximate surface area is 125 Å². The average molecular weight is 292 g/mol. The standard InChI is InChI=1S/C16H24N2O3/c1-16(2,17)7-5-15(19)18-8-6-12-3-4-13-14(11-12)21-10-9-20-13/h3-4,11H,5-10,17H2,1-2H3,(H,18,19). The van der Waals surface area contributed by atoms with Gasteiger partial charge >= 0.3 is 0 Å². The molecule has 0 fully saturated rings. The van der Waals surface area contributed by atoms with E-state index in [-0.39, 0.29) is 11.4 Å². The van der Waals surface area contributed by atoms with Crippen molar-refractivity contribution in [2.45, 2.75) is 38.6 Å². The lowest BCUT2D eigenvalue weighted by atomic mass is 10.00. The fraction of sp³-hybridized carbons (Fsp3) is 0.562. The van der Waals surface area contributed by atoms with Gasteiger partial charge in [-0.3, -0.25) is 4.79 Å². The minimum atomic E-state index is -0.298. The number of hydrogen-bond donors (Lipinski definition) is 2. The SMILES string of the molecule is CC(C)(N)CCC(=O)NCCc1ccc2c(c1)OCCO2. The Bertz CT molecular complexity index is 495. The van der Waals surface area contributed by atoms with E-state index in [1.54, 1.807) is 0 Å². The molecule has 0 unspecified atom stereocenters. The van der Waals surface area contributed by atoms with Gasteiger partial charge in [0.25, 0.3) is 0 Å². The van der Waals surface area contributed by atoms with Crippen molar-refractivity contribution in [3.05, 3.63) is 23.8 Å². The van der Waals surface area contributed by atoms with E-state index in [4.69, 9.17) is 15.2 Å². The quantitative estimate of drug-likeness (QED) is 0.836. The topological polar surface area (TPSA) is 73.6 Å². The Balaban J connectivity index is 1.74. The molecule has 1 amide bonds. The van der Waals surface area contributed by atoms with Crippen LogP contribution in [0.4, 0.5) is 0 Å². The molecule has 0 saturated carbocycles. The van der Waals surface area contributed by atoms with Crippen molar-refractivity contribution in [1.82, 2.24) is 5.32 Å². The molecule has 1 aliphatic rings. The second-order valence-corrected chi connectivity index (χ2v) is 6.07. The summed E-state index contributed by atoms with van der Waals surface area (Å²) < 4.78 is 11.0. The van der Waals surface area contributed by atoms with Gasteiger partial charge in [0.1, 0.15) is 13.2 Å². The third-order valence-electron chi connectivity index (χ3n) is 3.34. The molecule has 1 heterocycles. The highest BCUT2D eigenvalue weighted by Crippen LogP contribution is 2.30. The zero-order chi connectivity index (χ0) is 15.3. The lowest BCUT2D eigenvalue weighted by Crippen LogP contribution is -2.34. The predicted molar refractivity (Wildman–Crippen MR) is 81.6 cm³/mol. The number of ether oxygens (including phenoxy) is 2. The summed E-state index contributed by atoms with van der Waals surface area (Å²) in [5, 5.41) is 2.92. The highest BCUT2D eigenvalue weighted by molar-refractivity contribution is 5.75. The van der Waals surface area contributed by atoms with Crippen molar-refractivity contribution in [2.75, 3.05) is 19.8 Å². The first-order valence-electron chi connectivity index (χ1n) is 7.38. The highest BCUT2D eigenvalue weighted by Gasteiger charge is 2.14. The van der Waals surface area contributed by atoms with E-state index in [9.17, 15) is 4.79 Å². The highest BCUT2D eigenvalue weighted by atomic mass is 16.6. The molecule has 0 aliphatic carbocycles. The minimum absolute atomic E-state index is 0.0473. The molecule has 0 radical (unpaired) electrons. The van der Waals surface area contributed by atoms with E-state index in [0.29, 0.717) is 32.6 Å². The molecule has 2 rings (SSSR count). The van der Waals surface area contributed by atoms with Crippen LogP contribution in [0.5, 0.6) is 11.5 Å².